The maximum absolute atomic E-state index is 5.79. The van der Waals surface area contributed by atoms with Crippen LogP contribution in [0.1, 0.15) is 143 Å². The highest BCUT2D eigenvalue weighted by Gasteiger charge is 2.08. The van der Waals surface area contributed by atoms with Crippen LogP contribution in [0.5, 0.6) is 0 Å². The number of benzene rings is 5. The maximum Gasteiger partial charge on any atom is 0.0661 e. The molecule has 0 N–H and O–H groups in total. The Morgan fingerprint density at radius 3 is 1.22 bits per heavy atom. The van der Waals surface area contributed by atoms with Gasteiger partial charge in [-0.1, -0.05) is 195 Å². The standard InChI is InChI=1S/C11H13N.2C10H14.C9H11Cl.C9H12/c1-8(2)9-3-4-11-10(7-9)5-6-12-11;2*1-8(2)10-6-4-9(3)5-7-10;1-7(2)8-4-3-5-9(10)6-8;1-8(2)9-6-4-3-5-7-9/h3-4,6-8H,5H2,1-2H3;2*4-8H,1-3H3;3-7H,1-2H3;3-8H,1-2H3. The Kier molecular flexibility index (Phi) is 19.3. The van der Waals surface area contributed by atoms with Gasteiger partial charge in [-0.2, -0.15) is 0 Å². The van der Waals surface area contributed by atoms with Crippen molar-refractivity contribution in [3.8, 4) is 0 Å². The zero-order valence-electron chi connectivity index (χ0n) is 33.5. The molecule has 0 aliphatic carbocycles. The molecule has 0 saturated heterocycles. The molecule has 1 aliphatic heterocycles. The van der Waals surface area contributed by atoms with Crippen molar-refractivity contribution < 1.29 is 0 Å². The number of hydrogen-bond acceptors (Lipinski definition) is 1. The second kappa shape index (κ2) is 22.8. The molecular weight excluding hydrogens is 638 g/mol. The van der Waals surface area contributed by atoms with Gasteiger partial charge in [-0.05, 0) is 95.0 Å². The summed E-state index contributed by atoms with van der Waals surface area (Å²) in [5.41, 5.74) is 12.2. The Morgan fingerprint density at radius 2 is 0.824 bits per heavy atom. The SMILES string of the molecule is CC(C)c1ccc2c(c1)CC=N2.CC(C)c1cccc(Cl)c1.CC(C)c1ccccc1.Cc1ccc(C(C)C)cc1.Cc1ccc(C(C)C)cc1. The Morgan fingerprint density at radius 1 is 0.431 bits per heavy atom. The van der Waals surface area contributed by atoms with Crippen LogP contribution in [0.4, 0.5) is 5.69 Å². The number of aryl methyl sites for hydroxylation is 2. The molecule has 0 radical (unpaired) electrons. The molecule has 1 aliphatic rings. The average molecular weight is 703 g/mol. The van der Waals surface area contributed by atoms with E-state index in [0.717, 1.165) is 17.1 Å². The highest BCUT2D eigenvalue weighted by Crippen LogP contribution is 2.27. The molecule has 0 unspecified atom stereocenters. The fourth-order valence-electron chi connectivity index (χ4n) is 5.10. The first-order valence-electron chi connectivity index (χ1n) is 18.8. The van der Waals surface area contributed by atoms with E-state index in [-0.39, 0.29) is 0 Å². The molecule has 0 spiro atoms. The van der Waals surface area contributed by atoms with Crippen molar-refractivity contribution >= 4 is 23.5 Å². The van der Waals surface area contributed by atoms with Gasteiger partial charge in [0, 0.05) is 17.7 Å². The third-order valence-corrected chi connectivity index (χ3v) is 9.02. The number of rotatable bonds is 5. The minimum Gasteiger partial charge on any atom is -0.261 e. The molecule has 1 nitrogen and oxygen atoms in total. The van der Waals surface area contributed by atoms with E-state index in [2.05, 4.69) is 185 Å². The first-order chi connectivity index (χ1) is 24.2. The fraction of sp³-hybridized carbons (Fsp3) is 0.367. The van der Waals surface area contributed by atoms with E-state index in [1.807, 2.05) is 30.5 Å². The first-order valence-corrected chi connectivity index (χ1v) is 19.1. The summed E-state index contributed by atoms with van der Waals surface area (Å²) >= 11 is 5.79. The molecule has 0 amide bonds. The molecule has 0 aromatic heterocycles. The lowest BCUT2D eigenvalue weighted by atomic mass is 10.00. The molecule has 2 heteroatoms. The van der Waals surface area contributed by atoms with Gasteiger partial charge < -0.3 is 0 Å². The first kappa shape index (κ1) is 43.2. The Balaban J connectivity index is 0.000000222. The summed E-state index contributed by atoms with van der Waals surface area (Å²) < 4.78 is 0. The van der Waals surface area contributed by atoms with Crippen molar-refractivity contribution in [2.45, 2.75) is 119 Å². The number of nitrogens with zero attached hydrogens (tertiary/aromatic N) is 1. The predicted octanol–water partition coefficient (Wildman–Crippen LogP) is 15.6. The molecule has 1 heterocycles. The molecule has 51 heavy (non-hydrogen) atoms. The summed E-state index contributed by atoms with van der Waals surface area (Å²) in [5.74, 6) is 3.15. The quantitative estimate of drug-likeness (QED) is 0.173. The van der Waals surface area contributed by atoms with E-state index in [9.17, 15) is 0 Å². The van der Waals surface area contributed by atoms with Gasteiger partial charge in [-0.3, -0.25) is 4.99 Å². The number of halogens is 1. The number of fused-ring (bicyclic) bond motifs is 1. The monoisotopic (exact) mass is 701 g/mol. The topological polar surface area (TPSA) is 12.4 Å². The van der Waals surface area contributed by atoms with Crippen LogP contribution in [0.25, 0.3) is 0 Å². The third kappa shape index (κ3) is 16.8. The molecule has 6 rings (SSSR count). The minimum absolute atomic E-state index is 0.568. The number of hydrogen-bond donors (Lipinski definition) is 0. The molecule has 5 aromatic rings. The van der Waals surface area contributed by atoms with E-state index in [0.29, 0.717) is 29.6 Å². The van der Waals surface area contributed by atoms with Crippen molar-refractivity contribution in [1.82, 2.24) is 0 Å². The summed E-state index contributed by atoms with van der Waals surface area (Å²) in [6.07, 6.45) is 2.99. The minimum atomic E-state index is 0.568. The molecule has 0 atom stereocenters. The summed E-state index contributed by atoms with van der Waals surface area (Å²) in [6.45, 7) is 26.2. The van der Waals surface area contributed by atoms with E-state index < -0.39 is 0 Å². The van der Waals surface area contributed by atoms with Gasteiger partial charge in [0.15, 0.2) is 0 Å². The van der Waals surface area contributed by atoms with Crippen LogP contribution in [0, 0.1) is 13.8 Å². The van der Waals surface area contributed by atoms with Crippen LogP contribution in [-0.2, 0) is 6.42 Å². The molecular formula is C49H64ClN. The molecule has 0 saturated carbocycles. The van der Waals surface area contributed by atoms with E-state index >= 15 is 0 Å². The Hall–Kier alpha value is -3.94. The smallest absolute Gasteiger partial charge is 0.0661 e. The fourth-order valence-corrected chi connectivity index (χ4v) is 5.30. The average Bonchev–Trinajstić information content (AvgIpc) is 3.59. The van der Waals surface area contributed by atoms with E-state index in [1.165, 1.54) is 44.5 Å². The summed E-state index contributed by atoms with van der Waals surface area (Å²) in [6, 6.07) is 42.5. The summed E-state index contributed by atoms with van der Waals surface area (Å²) in [4.78, 5) is 4.27. The summed E-state index contributed by atoms with van der Waals surface area (Å²) in [7, 11) is 0. The lowest BCUT2D eigenvalue weighted by molar-refractivity contribution is 0.865. The van der Waals surface area contributed by atoms with Gasteiger partial charge in [0.05, 0.1) is 5.69 Å². The van der Waals surface area contributed by atoms with Gasteiger partial charge in [-0.15, -0.1) is 0 Å². The van der Waals surface area contributed by atoms with Crippen molar-refractivity contribution in [3.05, 3.63) is 171 Å². The van der Waals surface area contributed by atoms with Gasteiger partial charge in [0.1, 0.15) is 0 Å². The van der Waals surface area contributed by atoms with Crippen molar-refractivity contribution in [2.24, 2.45) is 4.99 Å². The van der Waals surface area contributed by atoms with Crippen LogP contribution in [0.3, 0.4) is 0 Å². The van der Waals surface area contributed by atoms with E-state index in [1.54, 1.807) is 0 Å². The zero-order chi connectivity index (χ0) is 37.9. The zero-order valence-corrected chi connectivity index (χ0v) is 34.3. The van der Waals surface area contributed by atoms with Gasteiger partial charge in [-0.25, -0.2) is 0 Å². The van der Waals surface area contributed by atoms with Crippen LogP contribution >= 0.6 is 11.6 Å². The molecule has 5 aromatic carbocycles. The largest absolute Gasteiger partial charge is 0.261 e. The normalized spacial score (nSPS) is 11.2. The van der Waals surface area contributed by atoms with Gasteiger partial charge in [0.25, 0.3) is 0 Å². The van der Waals surface area contributed by atoms with Crippen LogP contribution in [0.2, 0.25) is 5.02 Å². The highest BCUT2D eigenvalue weighted by molar-refractivity contribution is 6.30. The number of aliphatic imine (C=N–C) groups is 1. The Labute approximate surface area is 317 Å². The predicted molar refractivity (Wildman–Crippen MR) is 229 cm³/mol. The van der Waals surface area contributed by atoms with Crippen molar-refractivity contribution in [2.75, 3.05) is 0 Å². The van der Waals surface area contributed by atoms with Gasteiger partial charge >= 0.3 is 0 Å². The summed E-state index contributed by atoms with van der Waals surface area (Å²) in [5, 5.41) is 0.825. The second-order valence-corrected chi connectivity index (χ2v) is 15.4. The molecule has 0 bridgehead atoms. The second-order valence-electron chi connectivity index (χ2n) is 15.0. The Bertz CT molecular complexity index is 1640. The van der Waals surface area contributed by atoms with Crippen molar-refractivity contribution in [3.63, 3.8) is 0 Å². The van der Waals surface area contributed by atoms with Crippen LogP contribution in [0.15, 0.2) is 126 Å². The van der Waals surface area contributed by atoms with E-state index in [4.69, 9.17) is 11.6 Å². The van der Waals surface area contributed by atoms with Crippen molar-refractivity contribution in [1.29, 1.82) is 0 Å². The lowest BCUT2D eigenvalue weighted by Gasteiger charge is -2.06. The molecule has 272 valence electrons. The maximum atomic E-state index is 5.79. The lowest BCUT2D eigenvalue weighted by Crippen LogP contribution is -1.88. The third-order valence-electron chi connectivity index (χ3n) is 8.78. The van der Waals surface area contributed by atoms with Crippen LogP contribution < -0.4 is 0 Å². The van der Waals surface area contributed by atoms with Crippen LogP contribution in [-0.4, -0.2) is 6.21 Å². The highest BCUT2D eigenvalue weighted by atomic mass is 35.5. The van der Waals surface area contributed by atoms with Gasteiger partial charge in [0.2, 0.25) is 0 Å². The molecule has 0 fully saturated rings.